The summed E-state index contributed by atoms with van der Waals surface area (Å²) in [5, 5.41) is 11.6. The second kappa shape index (κ2) is 4.85. The molecule has 0 unspecified atom stereocenters. The minimum Gasteiger partial charge on any atom is -0.318 e. The van der Waals surface area contributed by atoms with E-state index < -0.39 is 6.04 Å². The Balaban J connectivity index is 2.08. The topological polar surface area (TPSA) is 75.2 Å². The molecule has 2 rings (SSSR count). The molecule has 0 spiro atoms. The van der Waals surface area contributed by atoms with Crippen LogP contribution in [0.3, 0.4) is 0 Å². The fraction of sp³-hybridized carbons (Fsp3) is 0.600. The highest BCUT2D eigenvalue weighted by Gasteiger charge is 2.43. The summed E-state index contributed by atoms with van der Waals surface area (Å²) in [5.41, 5.74) is 0. The first-order valence-corrected chi connectivity index (χ1v) is 7.23. The SMILES string of the molecule is Cc1nnc(NC(=O)[C@@H]2CSC(C)(C)N2C=O)s1. The lowest BCUT2D eigenvalue weighted by molar-refractivity contribution is -0.130. The molecule has 0 aromatic carbocycles. The molecule has 2 heterocycles. The van der Waals surface area contributed by atoms with Crippen molar-refractivity contribution in [1.29, 1.82) is 0 Å². The van der Waals surface area contributed by atoms with Crippen LogP contribution in [0.4, 0.5) is 5.13 Å². The van der Waals surface area contributed by atoms with Crippen molar-refractivity contribution in [2.45, 2.75) is 31.7 Å². The van der Waals surface area contributed by atoms with Gasteiger partial charge in [0, 0.05) is 5.75 Å². The monoisotopic (exact) mass is 286 g/mol. The molecule has 2 amide bonds. The van der Waals surface area contributed by atoms with E-state index in [1.807, 2.05) is 20.8 Å². The van der Waals surface area contributed by atoms with Gasteiger partial charge in [-0.1, -0.05) is 11.3 Å². The molecule has 0 radical (unpaired) electrons. The lowest BCUT2D eigenvalue weighted by Crippen LogP contribution is -2.47. The lowest BCUT2D eigenvalue weighted by atomic mass is 10.2. The number of hydrogen-bond donors (Lipinski definition) is 1. The van der Waals surface area contributed by atoms with E-state index in [4.69, 9.17) is 0 Å². The third-order valence-electron chi connectivity index (χ3n) is 2.72. The number of carbonyl (C=O) groups excluding carboxylic acids is 2. The first-order chi connectivity index (χ1) is 8.44. The zero-order valence-corrected chi connectivity index (χ0v) is 12.0. The molecule has 0 bridgehead atoms. The molecule has 1 saturated heterocycles. The van der Waals surface area contributed by atoms with E-state index in [-0.39, 0.29) is 10.8 Å². The Hall–Kier alpha value is -1.15. The van der Waals surface area contributed by atoms with E-state index in [1.165, 1.54) is 11.3 Å². The van der Waals surface area contributed by atoms with Crippen LogP contribution in [0.25, 0.3) is 0 Å². The van der Waals surface area contributed by atoms with Crippen LogP contribution >= 0.6 is 23.1 Å². The smallest absolute Gasteiger partial charge is 0.249 e. The molecule has 1 aromatic heterocycles. The quantitative estimate of drug-likeness (QED) is 0.842. The van der Waals surface area contributed by atoms with E-state index in [0.29, 0.717) is 10.9 Å². The summed E-state index contributed by atoms with van der Waals surface area (Å²) < 4.78 is 0. The molecule has 1 aromatic rings. The third-order valence-corrected chi connectivity index (χ3v) is 4.88. The van der Waals surface area contributed by atoms with Gasteiger partial charge < -0.3 is 4.90 Å². The van der Waals surface area contributed by atoms with Gasteiger partial charge in [-0.3, -0.25) is 14.9 Å². The molecule has 6 nitrogen and oxygen atoms in total. The van der Waals surface area contributed by atoms with Crippen molar-refractivity contribution in [3.63, 3.8) is 0 Å². The van der Waals surface area contributed by atoms with Gasteiger partial charge >= 0.3 is 0 Å². The summed E-state index contributed by atoms with van der Waals surface area (Å²) >= 11 is 2.90. The molecule has 1 N–H and O–H groups in total. The highest BCUT2D eigenvalue weighted by molar-refractivity contribution is 8.00. The maximum absolute atomic E-state index is 12.1. The van der Waals surface area contributed by atoms with E-state index in [1.54, 1.807) is 16.7 Å². The zero-order valence-electron chi connectivity index (χ0n) is 10.3. The van der Waals surface area contributed by atoms with Crippen LogP contribution < -0.4 is 5.32 Å². The summed E-state index contributed by atoms with van der Waals surface area (Å²) in [6.07, 6.45) is 0.732. The third kappa shape index (κ3) is 2.49. The number of amides is 2. The van der Waals surface area contributed by atoms with Gasteiger partial charge in [0.15, 0.2) is 0 Å². The normalized spacial score (nSPS) is 21.9. The lowest BCUT2D eigenvalue weighted by Gasteiger charge is -2.29. The molecule has 0 aliphatic carbocycles. The Morgan fingerprint density at radius 3 is 2.83 bits per heavy atom. The fourth-order valence-corrected chi connectivity index (χ4v) is 3.54. The molecule has 18 heavy (non-hydrogen) atoms. The second-order valence-electron chi connectivity index (χ2n) is 4.40. The standard InChI is InChI=1S/C10H14N4O2S2/c1-6-12-13-9(18-6)11-8(16)7-4-17-10(2,3)14(7)5-15/h5,7H,4H2,1-3H3,(H,11,13,16)/t7-/m0/s1. The highest BCUT2D eigenvalue weighted by Crippen LogP contribution is 2.37. The number of thioether (sulfide) groups is 1. The average Bonchev–Trinajstić information content (AvgIpc) is 2.81. The van der Waals surface area contributed by atoms with Gasteiger partial charge in [0.2, 0.25) is 17.4 Å². The van der Waals surface area contributed by atoms with Crippen LogP contribution in [0.15, 0.2) is 0 Å². The van der Waals surface area contributed by atoms with Crippen LogP contribution in [0, 0.1) is 6.92 Å². The molecule has 1 aliphatic heterocycles. The van der Waals surface area contributed by atoms with Crippen molar-refractivity contribution in [3.05, 3.63) is 5.01 Å². The highest BCUT2D eigenvalue weighted by atomic mass is 32.2. The Bertz CT molecular complexity index is 474. The van der Waals surface area contributed by atoms with Crippen LogP contribution in [0.2, 0.25) is 0 Å². The molecule has 0 saturated carbocycles. The van der Waals surface area contributed by atoms with Gasteiger partial charge in [-0.2, -0.15) is 0 Å². The van der Waals surface area contributed by atoms with Gasteiger partial charge in [-0.05, 0) is 20.8 Å². The van der Waals surface area contributed by atoms with Crippen LogP contribution in [-0.4, -0.2) is 44.1 Å². The van der Waals surface area contributed by atoms with E-state index in [2.05, 4.69) is 15.5 Å². The Morgan fingerprint density at radius 2 is 2.28 bits per heavy atom. The summed E-state index contributed by atoms with van der Waals surface area (Å²) in [4.78, 5) is 24.4. The largest absolute Gasteiger partial charge is 0.318 e. The van der Waals surface area contributed by atoms with E-state index in [9.17, 15) is 9.59 Å². The van der Waals surface area contributed by atoms with Gasteiger partial charge in [-0.15, -0.1) is 22.0 Å². The van der Waals surface area contributed by atoms with Crippen molar-refractivity contribution in [1.82, 2.24) is 15.1 Å². The molecular formula is C10H14N4O2S2. The molecular weight excluding hydrogens is 272 g/mol. The van der Waals surface area contributed by atoms with E-state index >= 15 is 0 Å². The zero-order chi connectivity index (χ0) is 13.3. The maximum Gasteiger partial charge on any atom is 0.249 e. The first kappa shape index (κ1) is 13.3. The number of nitrogens with one attached hydrogen (secondary N) is 1. The molecule has 1 atom stereocenters. The molecule has 1 aliphatic rings. The van der Waals surface area contributed by atoms with Crippen molar-refractivity contribution < 1.29 is 9.59 Å². The summed E-state index contributed by atoms with van der Waals surface area (Å²) in [6.45, 7) is 5.67. The van der Waals surface area contributed by atoms with Crippen LogP contribution in [-0.2, 0) is 9.59 Å². The summed E-state index contributed by atoms with van der Waals surface area (Å²) in [5.74, 6) is 0.381. The van der Waals surface area contributed by atoms with Crippen molar-refractivity contribution in [2.75, 3.05) is 11.1 Å². The Morgan fingerprint density at radius 1 is 1.56 bits per heavy atom. The first-order valence-electron chi connectivity index (χ1n) is 5.43. The van der Waals surface area contributed by atoms with Crippen molar-refractivity contribution in [2.24, 2.45) is 0 Å². The van der Waals surface area contributed by atoms with Crippen LogP contribution in [0.1, 0.15) is 18.9 Å². The fourth-order valence-electron chi connectivity index (χ4n) is 1.75. The Labute approximate surface area is 113 Å². The molecule has 1 fully saturated rings. The summed E-state index contributed by atoms with van der Waals surface area (Å²) in [7, 11) is 0. The predicted octanol–water partition coefficient (Wildman–Crippen LogP) is 1.09. The minimum atomic E-state index is -0.452. The van der Waals surface area contributed by atoms with Gasteiger partial charge in [0.25, 0.3) is 0 Å². The molecule has 8 heteroatoms. The van der Waals surface area contributed by atoms with Gasteiger partial charge in [-0.25, -0.2) is 0 Å². The second-order valence-corrected chi connectivity index (χ2v) is 7.20. The van der Waals surface area contributed by atoms with Crippen LogP contribution in [0.5, 0.6) is 0 Å². The van der Waals surface area contributed by atoms with Crippen molar-refractivity contribution in [3.8, 4) is 0 Å². The number of carbonyl (C=O) groups is 2. The van der Waals surface area contributed by atoms with Gasteiger partial charge in [0.05, 0.1) is 4.87 Å². The number of rotatable bonds is 3. The van der Waals surface area contributed by atoms with Crippen molar-refractivity contribution >= 4 is 40.5 Å². The predicted molar refractivity (Wildman–Crippen MR) is 71.5 cm³/mol. The van der Waals surface area contributed by atoms with Gasteiger partial charge in [0.1, 0.15) is 11.0 Å². The number of anilines is 1. The minimum absolute atomic E-state index is 0.212. The summed E-state index contributed by atoms with van der Waals surface area (Å²) in [6, 6.07) is -0.452. The Kier molecular flexibility index (Phi) is 3.58. The maximum atomic E-state index is 12.1. The number of hydrogen-bond acceptors (Lipinski definition) is 6. The number of aromatic nitrogens is 2. The average molecular weight is 286 g/mol. The number of aryl methyl sites for hydroxylation is 1. The molecule has 98 valence electrons. The van der Waals surface area contributed by atoms with E-state index in [0.717, 1.165) is 11.4 Å². The number of nitrogens with zero attached hydrogens (tertiary/aromatic N) is 3.